The molecular formula is C18H19N3OS. The molecule has 0 N–H and O–H groups in total. The smallest absolute Gasteiger partial charge is 0.227 e. The normalized spacial score (nSPS) is 16.7. The van der Waals surface area contributed by atoms with Gasteiger partial charge < -0.3 is 9.42 Å². The monoisotopic (exact) mass is 325 g/mol. The Balaban J connectivity index is 1.36. The van der Waals surface area contributed by atoms with Crippen LogP contribution in [0.3, 0.4) is 0 Å². The minimum Gasteiger partial charge on any atom is -0.371 e. The number of anilines is 1. The maximum absolute atomic E-state index is 5.37. The number of aryl methyl sites for hydroxylation is 1. The summed E-state index contributed by atoms with van der Waals surface area (Å²) >= 11 is 1.63. The van der Waals surface area contributed by atoms with E-state index in [1.807, 2.05) is 17.5 Å². The van der Waals surface area contributed by atoms with Gasteiger partial charge in [-0.05, 0) is 29.5 Å². The van der Waals surface area contributed by atoms with E-state index >= 15 is 0 Å². The van der Waals surface area contributed by atoms with Crippen LogP contribution in [0.2, 0.25) is 0 Å². The van der Waals surface area contributed by atoms with E-state index in [-0.39, 0.29) is 0 Å². The number of nitrogens with zero attached hydrogens (tertiary/aromatic N) is 3. The maximum Gasteiger partial charge on any atom is 0.227 e. The lowest BCUT2D eigenvalue weighted by Gasteiger charge is -2.19. The molecule has 2 aromatic heterocycles. The molecule has 1 unspecified atom stereocenters. The van der Waals surface area contributed by atoms with Crippen molar-refractivity contribution < 1.29 is 4.52 Å². The van der Waals surface area contributed by atoms with Crippen LogP contribution in [0.1, 0.15) is 30.7 Å². The van der Waals surface area contributed by atoms with Gasteiger partial charge in [0.25, 0.3) is 0 Å². The summed E-state index contributed by atoms with van der Waals surface area (Å²) in [5.74, 6) is 2.05. The molecule has 0 saturated heterocycles. The van der Waals surface area contributed by atoms with Crippen LogP contribution in [0.4, 0.5) is 5.69 Å². The van der Waals surface area contributed by atoms with Crippen molar-refractivity contribution in [1.82, 2.24) is 10.1 Å². The number of benzene rings is 1. The zero-order valence-corrected chi connectivity index (χ0v) is 13.9. The molecule has 23 heavy (non-hydrogen) atoms. The lowest BCUT2D eigenvalue weighted by molar-refractivity contribution is 0.376. The van der Waals surface area contributed by atoms with Crippen LogP contribution in [0.15, 0.2) is 46.3 Å². The van der Waals surface area contributed by atoms with Crippen LogP contribution in [-0.2, 0) is 6.42 Å². The molecule has 4 rings (SSSR count). The van der Waals surface area contributed by atoms with Crippen molar-refractivity contribution in [3.8, 4) is 10.7 Å². The van der Waals surface area contributed by atoms with Gasteiger partial charge in [-0.3, -0.25) is 0 Å². The second-order valence-electron chi connectivity index (χ2n) is 6.00. The van der Waals surface area contributed by atoms with Crippen LogP contribution in [0.25, 0.3) is 10.7 Å². The molecule has 0 bridgehead atoms. The predicted octanol–water partition coefficient (Wildman–Crippen LogP) is 4.35. The van der Waals surface area contributed by atoms with Gasteiger partial charge in [-0.2, -0.15) is 4.98 Å². The Morgan fingerprint density at radius 3 is 3.04 bits per heavy atom. The van der Waals surface area contributed by atoms with Crippen LogP contribution in [0, 0.1) is 0 Å². The zero-order chi connectivity index (χ0) is 15.6. The van der Waals surface area contributed by atoms with Crippen molar-refractivity contribution in [2.24, 2.45) is 0 Å². The Kier molecular flexibility index (Phi) is 3.87. The maximum atomic E-state index is 5.37. The first-order chi connectivity index (χ1) is 11.3. The van der Waals surface area contributed by atoms with Gasteiger partial charge in [0, 0.05) is 31.1 Å². The van der Waals surface area contributed by atoms with Gasteiger partial charge >= 0.3 is 0 Å². The van der Waals surface area contributed by atoms with Crippen LogP contribution in [0.5, 0.6) is 0 Å². The highest BCUT2D eigenvalue weighted by Crippen LogP contribution is 2.35. The number of rotatable bonds is 5. The van der Waals surface area contributed by atoms with Crippen LogP contribution >= 0.6 is 11.3 Å². The first-order valence-electron chi connectivity index (χ1n) is 8.01. The lowest BCUT2D eigenvalue weighted by Crippen LogP contribution is -2.23. The SMILES string of the molecule is CC1CN(CCCc2nc(-c3cccs3)no2)c2ccccc21. The van der Waals surface area contributed by atoms with E-state index in [0.717, 1.165) is 36.7 Å². The fraction of sp³-hybridized carbons (Fsp3) is 0.333. The third-order valence-corrected chi connectivity index (χ3v) is 5.20. The van der Waals surface area contributed by atoms with Gasteiger partial charge in [0.2, 0.25) is 11.7 Å². The van der Waals surface area contributed by atoms with Crippen molar-refractivity contribution in [2.75, 3.05) is 18.0 Å². The highest BCUT2D eigenvalue weighted by atomic mass is 32.1. The minimum atomic E-state index is 0.611. The van der Waals surface area contributed by atoms with Crippen LogP contribution in [-0.4, -0.2) is 23.2 Å². The van der Waals surface area contributed by atoms with E-state index in [1.54, 1.807) is 11.3 Å². The Labute approximate surface area is 139 Å². The van der Waals surface area contributed by atoms with Crippen molar-refractivity contribution in [3.05, 3.63) is 53.2 Å². The lowest BCUT2D eigenvalue weighted by atomic mass is 10.0. The highest BCUT2D eigenvalue weighted by molar-refractivity contribution is 7.13. The molecule has 118 valence electrons. The van der Waals surface area contributed by atoms with Gasteiger partial charge in [0.15, 0.2) is 0 Å². The number of fused-ring (bicyclic) bond motifs is 1. The zero-order valence-electron chi connectivity index (χ0n) is 13.1. The first-order valence-corrected chi connectivity index (χ1v) is 8.89. The summed E-state index contributed by atoms with van der Waals surface area (Å²) in [5, 5.41) is 6.09. The van der Waals surface area contributed by atoms with Crippen molar-refractivity contribution >= 4 is 17.0 Å². The number of aromatic nitrogens is 2. The molecule has 5 heteroatoms. The second-order valence-corrected chi connectivity index (χ2v) is 6.95. The summed E-state index contributed by atoms with van der Waals surface area (Å²) in [5.41, 5.74) is 2.84. The Bertz CT molecular complexity index is 781. The summed E-state index contributed by atoms with van der Waals surface area (Å²) in [6.07, 6.45) is 1.85. The van der Waals surface area contributed by atoms with Crippen molar-refractivity contribution in [3.63, 3.8) is 0 Å². The summed E-state index contributed by atoms with van der Waals surface area (Å²) in [6, 6.07) is 12.7. The number of para-hydroxylation sites is 1. The number of hydrogen-bond donors (Lipinski definition) is 0. The van der Waals surface area contributed by atoms with Gasteiger partial charge in [0.05, 0.1) is 4.88 Å². The Morgan fingerprint density at radius 1 is 1.26 bits per heavy atom. The summed E-state index contributed by atoms with van der Waals surface area (Å²) < 4.78 is 5.37. The molecule has 0 radical (unpaired) electrons. The Morgan fingerprint density at radius 2 is 2.17 bits per heavy atom. The van der Waals surface area contributed by atoms with E-state index in [0.29, 0.717) is 11.7 Å². The molecule has 1 aliphatic heterocycles. The van der Waals surface area contributed by atoms with Crippen LogP contribution < -0.4 is 4.90 Å². The molecule has 1 aliphatic rings. The average Bonchev–Trinajstić information content (AvgIpc) is 3.29. The Hall–Kier alpha value is -2.14. The average molecular weight is 325 g/mol. The second kappa shape index (κ2) is 6.16. The molecule has 3 heterocycles. The molecule has 0 spiro atoms. The quantitative estimate of drug-likeness (QED) is 0.699. The standard InChI is InChI=1S/C18H19N3OS/c1-13-12-21(15-7-3-2-6-14(13)15)10-4-9-17-19-18(20-22-17)16-8-5-11-23-16/h2-3,5-8,11,13H,4,9-10,12H2,1H3. The third-order valence-electron chi connectivity index (χ3n) is 4.33. The van der Waals surface area contributed by atoms with E-state index in [2.05, 4.69) is 46.2 Å². The summed E-state index contributed by atoms with van der Waals surface area (Å²) in [7, 11) is 0. The predicted molar refractivity (Wildman–Crippen MR) is 93.0 cm³/mol. The molecule has 1 aromatic carbocycles. The molecule has 0 amide bonds. The van der Waals surface area contributed by atoms with E-state index in [4.69, 9.17) is 4.52 Å². The molecule has 4 nitrogen and oxygen atoms in total. The summed E-state index contributed by atoms with van der Waals surface area (Å²) in [4.78, 5) is 8.02. The molecule has 0 aliphatic carbocycles. The van der Waals surface area contributed by atoms with Crippen molar-refractivity contribution in [1.29, 1.82) is 0 Å². The molecule has 1 atom stereocenters. The molecule has 0 fully saturated rings. The van der Waals surface area contributed by atoms with E-state index < -0.39 is 0 Å². The number of thiophene rings is 1. The topological polar surface area (TPSA) is 42.2 Å². The third kappa shape index (κ3) is 2.88. The van der Waals surface area contributed by atoms with E-state index in [9.17, 15) is 0 Å². The molecule has 3 aromatic rings. The fourth-order valence-electron chi connectivity index (χ4n) is 3.21. The van der Waals surface area contributed by atoms with Gasteiger partial charge in [-0.15, -0.1) is 11.3 Å². The van der Waals surface area contributed by atoms with Gasteiger partial charge in [0.1, 0.15) is 0 Å². The summed E-state index contributed by atoms with van der Waals surface area (Å²) in [6.45, 7) is 4.42. The highest BCUT2D eigenvalue weighted by Gasteiger charge is 2.24. The largest absolute Gasteiger partial charge is 0.371 e. The number of hydrogen-bond acceptors (Lipinski definition) is 5. The fourth-order valence-corrected chi connectivity index (χ4v) is 3.86. The van der Waals surface area contributed by atoms with Gasteiger partial charge in [-0.1, -0.05) is 36.3 Å². The van der Waals surface area contributed by atoms with E-state index in [1.165, 1.54) is 11.3 Å². The molecule has 0 saturated carbocycles. The van der Waals surface area contributed by atoms with Crippen molar-refractivity contribution in [2.45, 2.75) is 25.7 Å². The minimum absolute atomic E-state index is 0.611. The molecular weight excluding hydrogens is 306 g/mol. The van der Waals surface area contributed by atoms with Gasteiger partial charge in [-0.25, -0.2) is 0 Å². The first kappa shape index (κ1) is 14.5.